The van der Waals surface area contributed by atoms with E-state index >= 15 is 0 Å². The van der Waals surface area contributed by atoms with Crippen LogP contribution in [0.1, 0.15) is 40.0 Å². The van der Waals surface area contributed by atoms with Gasteiger partial charge in [-0.25, -0.2) is 0 Å². The van der Waals surface area contributed by atoms with Crippen LogP contribution < -0.4 is 5.32 Å². The summed E-state index contributed by atoms with van der Waals surface area (Å²) in [6, 6.07) is 0.0551. The molecule has 0 radical (unpaired) electrons. The number of likely N-dealkylation sites (tertiary alicyclic amines) is 1. The molecule has 2 heterocycles. The summed E-state index contributed by atoms with van der Waals surface area (Å²) in [5.74, 6) is 0.321. The Labute approximate surface area is 117 Å². The molecule has 0 bridgehead atoms. The second-order valence-electron chi connectivity index (χ2n) is 6.45. The van der Waals surface area contributed by atoms with Crippen molar-refractivity contribution in [3.8, 4) is 0 Å². The quantitative estimate of drug-likeness (QED) is 0.838. The van der Waals surface area contributed by atoms with E-state index in [1.54, 1.807) is 0 Å². The molecule has 0 aromatic rings. The zero-order valence-corrected chi connectivity index (χ0v) is 12.7. The Morgan fingerprint density at radius 3 is 2.32 bits per heavy atom. The van der Waals surface area contributed by atoms with Crippen LogP contribution in [-0.2, 0) is 4.79 Å². The second-order valence-corrected chi connectivity index (χ2v) is 6.45. The first-order valence-electron chi connectivity index (χ1n) is 7.79. The first-order valence-corrected chi connectivity index (χ1v) is 7.79. The number of nitrogens with one attached hydrogen (secondary N) is 1. The van der Waals surface area contributed by atoms with Gasteiger partial charge in [0, 0.05) is 26.2 Å². The summed E-state index contributed by atoms with van der Waals surface area (Å²) in [7, 11) is 0. The zero-order valence-electron chi connectivity index (χ0n) is 12.7. The summed E-state index contributed by atoms with van der Waals surface area (Å²) in [6.45, 7) is 12.5. The van der Waals surface area contributed by atoms with Crippen LogP contribution in [0.5, 0.6) is 0 Å². The van der Waals surface area contributed by atoms with E-state index in [-0.39, 0.29) is 6.04 Å². The van der Waals surface area contributed by atoms with E-state index in [1.807, 2.05) is 4.90 Å². The normalized spacial score (nSPS) is 26.2. The van der Waals surface area contributed by atoms with Crippen LogP contribution in [0.25, 0.3) is 0 Å². The molecule has 0 aromatic heterocycles. The number of piperazine rings is 1. The third-order valence-electron chi connectivity index (χ3n) is 5.19. The molecule has 2 fully saturated rings. The van der Waals surface area contributed by atoms with E-state index in [1.165, 1.54) is 19.3 Å². The molecule has 2 aliphatic rings. The number of hydrogen-bond acceptors (Lipinski definition) is 3. The van der Waals surface area contributed by atoms with Crippen LogP contribution in [0.2, 0.25) is 0 Å². The van der Waals surface area contributed by atoms with Gasteiger partial charge in [-0.2, -0.15) is 0 Å². The number of carbonyl (C=O) groups excluding carboxylic acids is 1. The van der Waals surface area contributed by atoms with Gasteiger partial charge in [-0.05, 0) is 38.3 Å². The highest BCUT2D eigenvalue weighted by molar-refractivity contribution is 5.81. The monoisotopic (exact) mass is 267 g/mol. The van der Waals surface area contributed by atoms with Crippen molar-refractivity contribution in [2.75, 3.05) is 39.3 Å². The summed E-state index contributed by atoms with van der Waals surface area (Å²) in [5, 5.41) is 3.30. The Bertz CT molecular complexity index is 305. The molecular weight excluding hydrogens is 238 g/mol. The van der Waals surface area contributed by atoms with Gasteiger partial charge in [-0.1, -0.05) is 20.3 Å². The van der Waals surface area contributed by atoms with Gasteiger partial charge in [0.25, 0.3) is 0 Å². The summed E-state index contributed by atoms with van der Waals surface area (Å²) >= 11 is 0. The van der Waals surface area contributed by atoms with Gasteiger partial charge in [-0.15, -0.1) is 0 Å². The van der Waals surface area contributed by atoms with Crippen LogP contribution in [-0.4, -0.2) is 61.0 Å². The lowest BCUT2D eigenvalue weighted by atomic mass is 9.78. The van der Waals surface area contributed by atoms with Crippen LogP contribution >= 0.6 is 0 Å². The Kier molecular flexibility index (Phi) is 4.85. The third kappa shape index (κ3) is 3.48. The van der Waals surface area contributed by atoms with Gasteiger partial charge < -0.3 is 10.2 Å². The lowest BCUT2D eigenvalue weighted by Crippen LogP contribution is -2.54. The molecule has 1 atom stereocenters. The van der Waals surface area contributed by atoms with Crippen molar-refractivity contribution in [2.45, 2.75) is 46.1 Å². The summed E-state index contributed by atoms with van der Waals surface area (Å²) in [4.78, 5) is 16.9. The molecular formula is C15H29N3O. The number of piperidine rings is 1. The maximum absolute atomic E-state index is 12.5. The Hall–Kier alpha value is -0.610. The average Bonchev–Trinajstić information content (AvgIpc) is 2.47. The molecule has 19 heavy (non-hydrogen) atoms. The van der Waals surface area contributed by atoms with Crippen LogP contribution in [0.15, 0.2) is 0 Å². The van der Waals surface area contributed by atoms with Gasteiger partial charge in [0.2, 0.25) is 5.91 Å². The third-order valence-corrected chi connectivity index (χ3v) is 5.19. The van der Waals surface area contributed by atoms with Crippen LogP contribution in [0.3, 0.4) is 0 Å². The van der Waals surface area contributed by atoms with Crippen molar-refractivity contribution >= 4 is 5.91 Å². The van der Waals surface area contributed by atoms with E-state index in [4.69, 9.17) is 0 Å². The summed E-state index contributed by atoms with van der Waals surface area (Å²) < 4.78 is 0. The van der Waals surface area contributed by atoms with Gasteiger partial charge in [0.05, 0.1) is 6.04 Å². The lowest BCUT2D eigenvalue weighted by molar-refractivity contribution is -0.138. The zero-order chi connectivity index (χ0) is 13.9. The molecule has 2 saturated heterocycles. The summed E-state index contributed by atoms with van der Waals surface area (Å²) in [6.07, 6.45) is 3.70. The highest BCUT2D eigenvalue weighted by Gasteiger charge is 2.33. The lowest BCUT2D eigenvalue weighted by Gasteiger charge is -2.42. The van der Waals surface area contributed by atoms with Crippen molar-refractivity contribution in [1.29, 1.82) is 0 Å². The molecule has 4 nitrogen and oxygen atoms in total. The first kappa shape index (κ1) is 14.8. The molecule has 0 aromatic carbocycles. The molecule has 1 amide bonds. The van der Waals surface area contributed by atoms with E-state index in [0.29, 0.717) is 11.3 Å². The van der Waals surface area contributed by atoms with Crippen molar-refractivity contribution in [3.63, 3.8) is 0 Å². The number of carbonyl (C=O) groups is 1. The predicted octanol–water partition coefficient (Wildman–Crippen LogP) is 1.32. The molecule has 4 heteroatoms. The Morgan fingerprint density at radius 1 is 1.21 bits per heavy atom. The van der Waals surface area contributed by atoms with Gasteiger partial charge in [0.15, 0.2) is 0 Å². The van der Waals surface area contributed by atoms with Gasteiger partial charge in [-0.3, -0.25) is 9.69 Å². The number of nitrogens with zero attached hydrogens (tertiary/aromatic N) is 2. The molecule has 0 spiro atoms. The van der Waals surface area contributed by atoms with Crippen molar-refractivity contribution in [2.24, 2.45) is 5.41 Å². The fraction of sp³-hybridized carbons (Fsp3) is 0.933. The topological polar surface area (TPSA) is 35.6 Å². The van der Waals surface area contributed by atoms with Crippen molar-refractivity contribution in [3.05, 3.63) is 0 Å². The van der Waals surface area contributed by atoms with E-state index in [2.05, 4.69) is 31.0 Å². The van der Waals surface area contributed by atoms with E-state index < -0.39 is 0 Å². The predicted molar refractivity (Wildman–Crippen MR) is 78.1 cm³/mol. The van der Waals surface area contributed by atoms with Gasteiger partial charge >= 0.3 is 0 Å². The van der Waals surface area contributed by atoms with E-state index in [0.717, 1.165) is 39.3 Å². The Balaban J connectivity index is 1.86. The molecule has 110 valence electrons. The molecule has 0 aliphatic carbocycles. The fourth-order valence-corrected chi connectivity index (χ4v) is 3.11. The van der Waals surface area contributed by atoms with Crippen LogP contribution in [0.4, 0.5) is 0 Å². The average molecular weight is 267 g/mol. The molecule has 0 saturated carbocycles. The fourth-order valence-electron chi connectivity index (χ4n) is 3.11. The molecule has 1 N–H and O–H groups in total. The van der Waals surface area contributed by atoms with Crippen molar-refractivity contribution in [1.82, 2.24) is 15.1 Å². The highest BCUT2D eigenvalue weighted by atomic mass is 16.2. The molecule has 1 unspecified atom stereocenters. The minimum atomic E-state index is 0.0551. The van der Waals surface area contributed by atoms with E-state index in [9.17, 15) is 4.79 Å². The molecule has 2 aliphatic heterocycles. The van der Waals surface area contributed by atoms with Gasteiger partial charge in [0.1, 0.15) is 0 Å². The highest BCUT2D eigenvalue weighted by Crippen LogP contribution is 2.34. The number of amides is 1. The summed E-state index contributed by atoms with van der Waals surface area (Å²) in [5.41, 5.74) is 0.494. The van der Waals surface area contributed by atoms with Crippen LogP contribution in [0, 0.1) is 5.41 Å². The smallest absolute Gasteiger partial charge is 0.239 e. The minimum absolute atomic E-state index is 0.0551. The number of hydrogen-bond donors (Lipinski definition) is 1. The maximum atomic E-state index is 12.5. The van der Waals surface area contributed by atoms with Crippen molar-refractivity contribution < 1.29 is 4.79 Å². The minimum Gasteiger partial charge on any atom is -0.339 e. The first-order chi connectivity index (χ1) is 9.06. The number of rotatable bonds is 3. The largest absolute Gasteiger partial charge is 0.339 e. The Morgan fingerprint density at radius 2 is 1.79 bits per heavy atom. The molecule has 2 rings (SSSR count). The standard InChI is InChI=1S/C15H29N3O/c1-4-15(3)5-9-17(10-6-15)13(2)14(19)18-11-7-16-8-12-18/h13,16H,4-12H2,1-3H3. The SMILES string of the molecule is CCC1(C)CCN(C(C)C(=O)N2CCNCC2)CC1. The maximum Gasteiger partial charge on any atom is 0.239 e. The second kappa shape index (κ2) is 6.23.